The number of carbonyl (C=O) groups is 1. The lowest BCUT2D eigenvalue weighted by Gasteiger charge is -2.46. The third kappa shape index (κ3) is 4.00. The monoisotopic (exact) mass is 311 g/mol. The van der Waals surface area contributed by atoms with Gasteiger partial charge in [-0.15, -0.1) is 0 Å². The highest BCUT2D eigenvalue weighted by Gasteiger charge is 2.41. The first-order chi connectivity index (χ1) is 10.3. The summed E-state index contributed by atoms with van der Waals surface area (Å²) in [5.41, 5.74) is 1.99. The average molecular weight is 311 g/mol. The molecule has 1 saturated carbocycles. The van der Waals surface area contributed by atoms with E-state index in [1.165, 1.54) is 25.7 Å². The normalized spacial score (nSPS) is 23.7. The van der Waals surface area contributed by atoms with E-state index in [0.717, 1.165) is 25.9 Å². The quantitative estimate of drug-likeness (QED) is 0.767. The van der Waals surface area contributed by atoms with Gasteiger partial charge in [-0.05, 0) is 57.8 Å². The molecule has 0 aromatic rings. The van der Waals surface area contributed by atoms with Crippen molar-refractivity contribution >= 4 is 5.91 Å². The summed E-state index contributed by atoms with van der Waals surface area (Å²) in [4.78, 5) is 13.1. The topological polar surface area (TPSA) is 55.8 Å². The van der Waals surface area contributed by atoms with Crippen molar-refractivity contribution in [2.24, 2.45) is 10.8 Å². The molecule has 22 heavy (non-hydrogen) atoms. The second-order valence-electron chi connectivity index (χ2n) is 8.42. The molecule has 1 aliphatic carbocycles. The number of hydrazine groups is 1. The summed E-state index contributed by atoms with van der Waals surface area (Å²) in [7, 11) is 0. The van der Waals surface area contributed by atoms with Crippen molar-refractivity contribution in [3.63, 3.8) is 0 Å². The Morgan fingerprint density at radius 3 is 2.32 bits per heavy atom. The van der Waals surface area contributed by atoms with E-state index in [-0.39, 0.29) is 12.5 Å². The van der Waals surface area contributed by atoms with E-state index < -0.39 is 5.41 Å². The van der Waals surface area contributed by atoms with Crippen LogP contribution < -0.4 is 5.48 Å². The van der Waals surface area contributed by atoms with E-state index in [9.17, 15) is 4.79 Å². The maximum Gasteiger partial charge on any atom is 0.244 e. The molecule has 2 fully saturated rings. The van der Waals surface area contributed by atoms with Crippen molar-refractivity contribution in [1.29, 1.82) is 0 Å². The van der Waals surface area contributed by atoms with Gasteiger partial charge in [0.05, 0.1) is 5.41 Å². The number of carbonyl (C=O) groups excluding carboxylic acids is 1. The lowest BCUT2D eigenvalue weighted by atomic mass is 9.75. The third-order valence-electron chi connectivity index (χ3n) is 5.35. The van der Waals surface area contributed by atoms with Gasteiger partial charge in [-0.2, -0.15) is 0 Å². The Labute approximate surface area is 135 Å². The molecule has 1 aliphatic heterocycles. The molecule has 2 rings (SSSR count). The van der Waals surface area contributed by atoms with E-state index in [2.05, 4.69) is 29.3 Å². The Bertz CT molecular complexity index is 379. The molecule has 0 unspecified atom stereocenters. The van der Waals surface area contributed by atoms with E-state index in [0.29, 0.717) is 11.5 Å². The maximum atomic E-state index is 13.1. The zero-order valence-corrected chi connectivity index (χ0v) is 14.7. The van der Waals surface area contributed by atoms with Gasteiger partial charge in [0, 0.05) is 25.7 Å². The molecule has 1 saturated heterocycles. The van der Waals surface area contributed by atoms with Crippen LogP contribution in [0, 0.1) is 10.8 Å². The zero-order chi connectivity index (χ0) is 16.4. The maximum absolute atomic E-state index is 13.1. The molecule has 0 atom stereocenters. The highest BCUT2D eigenvalue weighted by molar-refractivity contribution is 5.82. The minimum atomic E-state index is -0.593. The van der Waals surface area contributed by atoms with Gasteiger partial charge in [0.2, 0.25) is 5.91 Å². The highest BCUT2D eigenvalue weighted by atomic mass is 16.5. The second-order valence-corrected chi connectivity index (χ2v) is 8.42. The number of rotatable bonds is 5. The molecule has 0 aromatic heterocycles. The first kappa shape index (κ1) is 17.7. The molecule has 5 heteroatoms. The van der Waals surface area contributed by atoms with Crippen molar-refractivity contribution in [3.8, 4) is 0 Å². The Morgan fingerprint density at radius 2 is 1.82 bits per heavy atom. The summed E-state index contributed by atoms with van der Waals surface area (Å²) in [6.07, 6.45) is 6.85. The van der Waals surface area contributed by atoms with E-state index in [1.54, 1.807) is 0 Å². The first-order valence-corrected chi connectivity index (χ1v) is 8.72. The van der Waals surface area contributed by atoms with Crippen LogP contribution in [0.1, 0.15) is 66.2 Å². The Balaban J connectivity index is 2.14. The van der Waals surface area contributed by atoms with Crippen molar-refractivity contribution in [2.45, 2.75) is 72.3 Å². The number of hydrogen-bond acceptors (Lipinski definition) is 4. The van der Waals surface area contributed by atoms with Crippen LogP contribution in [0.25, 0.3) is 0 Å². The molecule has 2 aliphatic rings. The first-order valence-electron chi connectivity index (χ1n) is 8.72. The van der Waals surface area contributed by atoms with Crippen LogP contribution in [0.5, 0.6) is 0 Å². The van der Waals surface area contributed by atoms with Gasteiger partial charge >= 0.3 is 0 Å². The SMILES string of the molecule is CC1(C)CCC(N(C(=O)C(C)(C)CNO)N2CCCC2)CC1. The summed E-state index contributed by atoms with van der Waals surface area (Å²) in [5.74, 6) is 0.139. The molecule has 5 nitrogen and oxygen atoms in total. The number of nitrogens with one attached hydrogen (secondary N) is 1. The third-order valence-corrected chi connectivity index (χ3v) is 5.35. The average Bonchev–Trinajstić information content (AvgIpc) is 2.94. The number of amides is 1. The Morgan fingerprint density at radius 1 is 1.27 bits per heavy atom. The highest BCUT2D eigenvalue weighted by Crippen LogP contribution is 2.38. The van der Waals surface area contributed by atoms with Gasteiger partial charge in [-0.3, -0.25) is 9.80 Å². The van der Waals surface area contributed by atoms with E-state index in [1.807, 2.05) is 13.8 Å². The largest absolute Gasteiger partial charge is 0.317 e. The van der Waals surface area contributed by atoms with Crippen molar-refractivity contribution < 1.29 is 10.0 Å². The van der Waals surface area contributed by atoms with Crippen LogP contribution >= 0.6 is 0 Å². The van der Waals surface area contributed by atoms with Gasteiger partial charge in [-0.1, -0.05) is 13.8 Å². The van der Waals surface area contributed by atoms with Crippen LogP contribution in [0.2, 0.25) is 0 Å². The standard InChI is InChI=1S/C17H33N3O2/c1-16(2)9-7-14(8-10-16)20(19-11-5-6-12-19)15(21)17(3,4)13-18-22/h14,18,22H,5-13H2,1-4H3. The fourth-order valence-corrected chi connectivity index (χ4v) is 3.65. The summed E-state index contributed by atoms with van der Waals surface area (Å²) >= 11 is 0. The summed E-state index contributed by atoms with van der Waals surface area (Å²) in [5, 5.41) is 13.4. The molecular formula is C17H33N3O2. The minimum absolute atomic E-state index is 0.139. The van der Waals surface area contributed by atoms with E-state index >= 15 is 0 Å². The molecule has 1 heterocycles. The zero-order valence-electron chi connectivity index (χ0n) is 14.7. The van der Waals surface area contributed by atoms with Crippen molar-refractivity contribution in [1.82, 2.24) is 15.5 Å². The lowest BCUT2D eigenvalue weighted by Crippen LogP contribution is -2.57. The molecule has 0 aromatic carbocycles. The predicted molar refractivity (Wildman–Crippen MR) is 87.3 cm³/mol. The number of nitrogens with zero attached hydrogens (tertiary/aromatic N) is 2. The lowest BCUT2D eigenvalue weighted by molar-refractivity contribution is -0.166. The van der Waals surface area contributed by atoms with Gasteiger partial charge < -0.3 is 5.21 Å². The van der Waals surface area contributed by atoms with Gasteiger partial charge in [0.25, 0.3) is 0 Å². The number of hydroxylamine groups is 1. The molecule has 0 spiro atoms. The number of hydrogen-bond donors (Lipinski definition) is 2. The van der Waals surface area contributed by atoms with Crippen molar-refractivity contribution in [3.05, 3.63) is 0 Å². The minimum Gasteiger partial charge on any atom is -0.317 e. The summed E-state index contributed by atoms with van der Waals surface area (Å²) < 4.78 is 0. The van der Waals surface area contributed by atoms with Gasteiger partial charge in [0.1, 0.15) is 0 Å². The molecule has 0 radical (unpaired) electrons. The second kappa shape index (κ2) is 6.85. The fourth-order valence-electron chi connectivity index (χ4n) is 3.65. The fraction of sp³-hybridized carbons (Fsp3) is 0.941. The van der Waals surface area contributed by atoms with Crippen LogP contribution in [0.15, 0.2) is 0 Å². The van der Waals surface area contributed by atoms with Crippen LogP contribution in [0.3, 0.4) is 0 Å². The molecule has 2 N–H and O–H groups in total. The summed E-state index contributed by atoms with van der Waals surface area (Å²) in [6.45, 7) is 10.7. The van der Waals surface area contributed by atoms with Gasteiger partial charge in [0.15, 0.2) is 0 Å². The van der Waals surface area contributed by atoms with Crippen LogP contribution in [-0.4, -0.2) is 46.8 Å². The smallest absolute Gasteiger partial charge is 0.244 e. The summed E-state index contributed by atoms with van der Waals surface area (Å²) in [6, 6.07) is 0.316. The Kier molecular flexibility index (Phi) is 5.51. The molecule has 0 bridgehead atoms. The van der Waals surface area contributed by atoms with Crippen molar-refractivity contribution in [2.75, 3.05) is 19.6 Å². The molecular weight excluding hydrogens is 278 g/mol. The Hall–Kier alpha value is -0.650. The van der Waals surface area contributed by atoms with Gasteiger partial charge in [-0.25, -0.2) is 10.5 Å². The molecule has 1 amide bonds. The van der Waals surface area contributed by atoms with Crippen LogP contribution in [-0.2, 0) is 4.79 Å². The van der Waals surface area contributed by atoms with E-state index in [4.69, 9.17) is 5.21 Å². The predicted octanol–water partition coefficient (Wildman–Crippen LogP) is 2.80. The molecule has 128 valence electrons. The van der Waals surface area contributed by atoms with Crippen LogP contribution in [0.4, 0.5) is 0 Å².